The highest BCUT2D eigenvalue weighted by molar-refractivity contribution is 7.99. The molecule has 1 N–H and O–H groups in total. The molecule has 1 fully saturated rings. The van der Waals surface area contributed by atoms with E-state index in [-0.39, 0.29) is 5.91 Å². The van der Waals surface area contributed by atoms with Crippen LogP contribution in [0.4, 0.5) is 11.4 Å². The molecule has 4 rings (SSSR count). The first-order chi connectivity index (χ1) is 13.7. The van der Waals surface area contributed by atoms with Crippen molar-refractivity contribution in [2.75, 3.05) is 31.1 Å². The lowest BCUT2D eigenvalue weighted by Crippen LogP contribution is -2.40. The molecule has 2 aromatic rings. The lowest BCUT2D eigenvalue weighted by Gasteiger charge is -2.39. The van der Waals surface area contributed by atoms with E-state index in [9.17, 15) is 4.79 Å². The van der Waals surface area contributed by atoms with Crippen LogP contribution in [0.1, 0.15) is 43.5 Å². The zero-order chi connectivity index (χ0) is 19.5. The number of fused-ring (bicyclic) bond motifs is 2. The predicted molar refractivity (Wildman–Crippen MR) is 117 cm³/mol. The Morgan fingerprint density at radius 1 is 1.11 bits per heavy atom. The van der Waals surface area contributed by atoms with Gasteiger partial charge in [-0.1, -0.05) is 30.8 Å². The minimum Gasteiger partial charge on any atom is -0.352 e. The van der Waals surface area contributed by atoms with Crippen LogP contribution in [-0.4, -0.2) is 43.0 Å². The van der Waals surface area contributed by atoms with Crippen LogP contribution in [0.2, 0.25) is 0 Å². The average molecular weight is 396 g/mol. The number of carbonyl (C=O) groups is 1. The van der Waals surface area contributed by atoms with Crippen molar-refractivity contribution in [2.24, 2.45) is 0 Å². The second kappa shape index (κ2) is 8.58. The summed E-state index contributed by atoms with van der Waals surface area (Å²) in [7, 11) is 0. The summed E-state index contributed by atoms with van der Waals surface area (Å²) in [6.45, 7) is 8.52. The number of nitrogens with zero attached hydrogens (tertiary/aromatic N) is 2. The molecular formula is C23H29N3OS. The Kier molecular flexibility index (Phi) is 5.93. The molecule has 0 aromatic heterocycles. The third kappa shape index (κ3) is 3.91. The second-order valence-corrected chi connectivity index (χ2v) is 8.82. The Morgan fingerprint density at radius 3 is 2.64 bits per heavy atom. The van der Waals surface area contributed by atoms with E-state index in [1.54, 1.807) is 11.8 Å². The van der Waals surface area contributed by atoms with Crippen molar-refractivity contribution in [3.63, 3.8) is 0 Å². The summed E-state index contributed by atoms with van der Waals surface area (Å²) in [6, 6.07) is 15.1. The van der Waals surface area contributed by atoms with Gasteiger partial charge in [-0.05, 0) is 69.6 Å². The van der Waals surface area contributed by atoms with Crippen LogP contribution in [-0.2, 0) is 0 Å². The van der Waals surface area contributed by atoms with Gasteiger partial charge in [0.1, 0.15) is 0 Å². The lowest BCUT2D eigenvalue weighted by atomic mass is 10.1. The van der Waals surface area contributed by atoms with Gasteiger partial charge in [-0.25, -0.2) is 0 Å². The van der Waals surface area contributed by atoms with E-state index in [0.717, 1.165) is 24.2 Å². The molecule has 2 aromatic carbocycles. The Hall–Kier alpha value is -1.98. The number of benzene rings is 2. The molecular weight excluding hydrogens is 366 g/mol. The van der Waals surface area contributed by atoms with Crippen molar-refractivity contribution in [3.8, 4) is 0 Å². The number of hydrogen-bond donors (Lipinski definition) is 1. The van der Waals surface area contributed by atoms with E-state index < -0.39 is 0 Å². The van der Waals surface area contributed by atoms with Gasteiger partial charge in [0.25, 0.3) is 5.91 Å². The number of likely N-dealkylation sites (tertiary alicyclic amines) is 1. The van der Waals surface area contributed by atoms with Crippen molar-refractivity contribution in [1.29, 1.82) is 0 Å². The molecule has 0 spiro atoms. The van der Waals surface area contributed by atoms with E-state index in [4.69, 9.17) is 0 Å². The van der Waals surface area contributed by atoms with E-state index in [0.29, 0.717) is 12.6 Å². The Morgan fingerprint density at radius 2 is 1.86 bits per heavy atom. The fourth-order valence-electron chi connectivity index (χ4n) is 4.16. The zero-order valence-corrected chi connectivity index (χ0v) is 17.6. The van der Waals surface area contributed by atoms with Crippen molar-refractivity contribution in [3.05, 3.63) is 48.0 Å². The van der Waals surface area contributed by atoms with Crippen molar-refractivity contribution >= 4 is 29.0 Å². The summed E-state index contributed by atoms with van der Waals surface area (Å²) in [4.78, 5) is 20.1. The molecule has 2 heterocycles. The maximum absolute atomic E-state index is 12.5. The number of carbonyl (C=O) groups excluding carboxylic acids is 1. The van der Waals surface area contributed by atoms with Crippen molar-refractivity contribution in [1.82, 2.24) is 10.2 Å². The largest absolute Gasteiger partial charge is 0.352 e. The number of rotatable bonds is 6. The fraction of sp³-hybridized carbons (Fsp3) is 0.435. The van der Waals surface area contributed by atoms with Crippen LogP contribution in [0.15, 0.2) is 52.3 Å². The van der Waals surface area contributed by atoms with E-state index in [2.05, 4.69) is 65.4 Å². The summed E-state index contributed by atoms with van der Waals surface area (Å²) in [6.07, 6.45) is 3.55. The summed E-state index contributed by atoms with van der Waals surface area (Å²) in [5.74, 6) is 0.0145. The van der Waals surface area contributed by atoms with Crippen LogP contribution in [0, 0.1) is 0 Å². The van der Waals surface area contributed by atoms with Gasteiger partial charge in [-0.15, -0.1) is 0 Å². The molecule has 1 amide bonds. The Balaban J connectivity index is 1.68. The topological polar surface area (TPSA) is 35.6 Å². The van der Waals surface area contributed by atoms with Gasteiger partial charge < -0.3 is 15.1 Å². The van der Waals surface area contributed by atoms with Crippen LogP contribution in [0.5, 0.6) is 0 Å². The fourth-order valence-corrected chi connectivity index (χ4v) is 5.21. The van der Waals surface area contributed by atoms with E-state index in [1.165, 1.54) is 41.4 Å². The van der Waals surface area contributed by atoms with Crippen LogP contribution >= 0.6 is 11.8 Å². The predicted octanol–water partition coefficient (Wildman–Crippen LogP) is 4.91. The van der Waals surface area contributed by atoms with Gasteiger partial charge in [0, 0.05) is 34.5 Å². The maximum atomic E-state index is 12.5. The molecule has 0 aliphatic carbocycles. The first-order valence-corrected chi connectivity index (χ1v) is 11.2. The van der Waals surface area contributed by atoms with Gasteiger partial charge in [0.2, 0.25) is 0 Å². The number of hydrogen-bond acceptors (Lipinski definition) is 4. The summed E-state index contributed by atoms with van der Waals surface area (Å²) in [5.41, 5.74) is 3.14. The molecule has 1 saturated heterocycles. The molecule has 4 nitrogen and oxygen atoms in total. The molecule has 5 heteroatoms. The first-order valence-electron chi connectivity index (χ1n) is 10.4. The van der Waals surface area contributed by atoms with Crippen molar-refractivity contribution in [2.45, 2.75) is 48.9 Å². The van der Waals surface area contributed by atoms with Crippen LogP contribution in [0.3, 0.4) is 0 Å². The maximum Gasteiger partial charge on any atom is 0.251 e. The van der Waals surface area contributed by atoms with E-state index in [1.807, 2.05) is 6.07 Å². The third-order valence-corrected chi connectivity index (χ3v) is 6.65. The molecule has 148 valence electrons. The number of para-hydroxylation sites is 1. The quantitative estimate of drug-likeness (QED) is 0.754. The molecule has 1 unspecified atom stereocenters. The second-order valence-electron chi connectivity index (χ2n) is 7.73. The molecule has 0 bridgehead atoms. The van der Waals surface area contributed by atoms with Gasteiger partial charge in [0.05, 0.1) is 11.4 Å². The van der Waals surface area contributed by atoms with E-state index >= 15 is 0 Å². The third-order valence-electron chi connectivity index (χ3n) is 5.52. The Bertz CT molecular complexity index is 847. The van der Waals surface area contributed by atoms with Crippen LogP contribution < -0.4 is 10.2 Å². The Labute approximate surface area is 172 Å². The highest BCUT2D eigenvalue weighted by Crippen LogP contribution is 2.49. The van der Waals surface area contributed by atoms with Gasteiger partial charge in [0.15, 0.2) is 0 Å². The standard InChI is InChI=1S/C23H29N3OS/c1-3-12-24-23(27)18-10-11-22-20(15-18)26(17(2)16-25-13-6-7-14-25)19-8-4-5-9-21(19)28-22/h4-5,8-11,15,17H,3,6-7,12-14,16H2,1-2H3,(H,24,27). The zero-order valence-electron chi connectivity index (χ0n) is 16.8. The van der Waals surface area contributed by atoms with Gasteiger partial charge in [-0.2, -0.15) is 0 Å². The normalized spacial score (nSPS) is 17.1. The minimum absolute atomic E-state index is 0.0145. The van der Waals surface area contributed by atoms with Crippen LogP contribution in [0.25, 0.3) is 0 Å². The molecule has 2 aliphatic rings. The molecule has 0 radical (unpaired) electrons. The summed E-state index contributed by atoms with van der Waals surface area (Å²) in [5, 5.41) is 3.00. The number of nitrogens with one attached hydrogen (secondary N) is 1. The average Bonchev–Trinajstić information content (AvgIpc) is 3.22. The summed E-state index contributed by atoms with van der Waals surface area (Å²) >= 11 is 1.80. The minimum atomic E-state index is 0.0145. The monoisotopic (exact) mass is 395 g/mol. The smallest absolute Gasteiger partial charge is 0.251 e. The first kappa shape index (κ1) is 19.3. The number of anilines is 2. The van der Waals surface area contributed by atoms with Gasteiger partial charge >= 0.3 is 0 Å². The summed E-state index contributed by atoms with van der Waals surface area (Å²) < 4.78 is 0. The lowest BCUT2D eigenvalue weighted by molar-refractivity contribution is 0.0953. The highest BCUT2D eigenvalue weighted by atomic mass is 32.2. The molecule has 1 atom stereocenters. The van der Waals surface area contributed by atoms with Crippen molar-refractivity contribution < 1.29 is 4.79 Å². The molecule has 0 saturated carbocycles. The molecule has 28 heavy (non-hydrogen) atoms. The SMILES string of the molecule is CCCNC(=O)c1ccc2c(c1)N(C(C)CN1CCCC1)c1ccccc1S2. The number of amides is 1. The molecule has 2 aliphatic heterocycles. The highest BCUT2D eigenvalue weighted by Gasteiger charge is 2.29. The van der Waals surface area contributed by atoms with Gasteiger partial charge in [-0.3, -0.25) is 4.79 Å².